The number of rotatable bonds is 3. The number of halogens is 2. The van der Waals surface area contributed by atoms with Crippen LogP contribution in [0.25, 0.3) is 0 Å². The summed E-state index contributed by atoms with van der Waals surface area (Å²) in [6.45, 7) is 3.90. The molecule has 2 unspecified atom stereocenters. The summed E-state index contributed by atoms with van der Waals surface area (Å²) in [5.41, 5.74) is 0.787. The lowest BCUT2D eigenvalue weighted by molar-refractivity contribution is -0.385. The summed E-state index contributed by atoms with van der Waals surface area (Å²) in [6.07, 6.45) is 0. The molecule has 0 N–H and O–H groups in total. The number of nitrogens with zero attached hydrogens (tertiary/aromatic N) is 1. The van der Waals surface area contributed by atoms with Gasteiger partial charge in [-0.3, -0.25) is 10.1 Å². The number of nitro groups is 1. The predicted molar refractivity (Wildman–Crippen MR) is 64.9 cm³/mol. The maximum atomic E-state index is 10.8. The molecule has 15 heavy (non-hydrogen) atoms. The van der Waals surface area contributed by atoms with Crippen LogP contribution in [-0.2, 0) is 0 Å². The van der Waals surface area contributed by atoms with Gasteiger partial charge in [0.15, 0.2) is 0 Å². The van der Waals surface area contributed by atoms with E-state index in [0.29, 0.717) is 10.6 Å². The minimum absolute atomic E-state index is 0.0719. The highest BCUT2D eigenvalue weighted by atomic mass is 79.9. The standard InChI is InChI=1S/C10H11BrClNO2/c1-6(7(2)11)9-4-3-8(12)5-10(9)13(14)15/h3-7H,1-2H3. The first-order valence-corrected chi connectivity index (χ1v) is 5.80. The highest BCUT2D eigenvalue weighted by molar-refractivity contribution is 9.09. The topological polar surface area (TPSA) is 43.1 Å². The maximum absolute atomic E-state index is 10.8. The molecule has 0 radical (unpaired) electrons. The summed E-state index contributed by atoms with van der Waals surface area (Å²) < 4.78 is 0. The van der Waals surface area contributed by atoms with E-state index in [9.17, 15) is 10.1 Å². The van der Waals surface area contributed by atoms with Crippen molar-refractivity contribution in [3.05, 3.63) is 38.9 Å². The van der Waals surface area contributed by atoms with E-state index in [4.69, 9.17) is 11.6 Å². The van der Waals surface area contributed by atoms with Crippen LogP contribution in [0.15, 0.2) is 18.2 Å². The third kappa shape index (κ3) is 2.92. The molecule has 2 atom stereocenters. The van der Waals surface area contributed by atoms with Crippen LogP contribution in [0.3, 0.4) is 0 Å². The van der Waals surface area contributed by atoms with E-state index in [1.54, 1.807) is 12.1 Å². The molecule has 0 saturated heterocycles. The molecule has 1 aromatic carbocycles. The largest absolute Gasteiger partial charge is 0.274 e. The third-order valence-corrected chi connectivity index (χ3v) is 3.40. The Morgan fingerprint density at radius 2 is 2.07 bits per heavy atom. The van der Waals surface area contributed by atoms with Crippen LogP contribution in [0.2, 0.25) is 5.02 Å². The number of benzene rings is 1. The Kier molecular flexibility index (Phi) is 4.11. The molecule has 0 heterocycles. The lowest BCUT2D eigenvalue weighted by Gasteiger charge is -2.14. The molecular formula is C10H11BrClNO2. The first kappa shape index (κ1) is 12.5. The van der Waals surface area contributed by atoms with Gasteiger partial charge in [-0.05, 0) is 6.07 Å². The summed E-state index contributed by atoms with van der Waals surface area (Å²) in [4.78, 5) is 10.6. The van der Waals surface area contributed by atoms with Gasteiger partial charge in [0.2, 0.25) is 0 Å². The highest BCUT2D eigenvalue weighted by Crippen LogP contribution is 2.33. The zero-order valence-electron chi connectivity index (χ0n) is 8.41. The van der Waals surface area contributed by atoms with E-state index in [-0.39, 0.29) is 16.4 Å². The van der Waals surface area contributed by atoms with Gasteiger partial charge in [-0.25, -0.2) is 0 Å². The lowest BCUT2D eigenvalue weighted by Crippen LogP contribution is -2.07. The van der Waals surface area contributed by atoms with Crippen LogP contribution >= 0.6 is 27.5 Å². The van der Waals surface area contributed by atoms with Crippen molar-refractivity contribution in [2.75, 3.05) is 0 Å². The second-order valence-electron chi connectivity index (χ2n) is 3.43. The monoisotopic (exact) mass is 291 g/mol. The Balaban J connectivity index is 3.22. The van der Waals surface area contributed by atoms with E-state index in [0.717, 1.165) is 0 Å². The molecule has 0 aromatic heterocycles. The summed E-state index contributed by atoms with van der Waals surface area (Å²) in [5, 5.41) is 11.2. The van der Waals surface area contributed by atoms with Gasteiger partial charge < -0.3 is 0 Å². The molecule has 1 aromatic rings. The highest BCUT2D eigenvalue weighted by Gasteiger charge is 2.21. The molecule has 0 fully saturated rings. The van der Waals surface area contributed by atoms with Crippen LogP contribution in [0.4, 0.5) is 5.69 Å². The molecule has 3 nitrogen and oxygen atoms in total. The molecule has 0 aliphatic rings. The number of alkyl halides is 1. The third-order valence-electron chi connectivity index (χ3n) is 2.37. The Bertz CT molecular complexity index is 382. The zero-order chi connectivity index (χ0) is 11.6. The van der Waals surface area contributed by atoms with Crippen molar-refractivity contribution in [3.63, 3.8) is 0 Å². The Hall–Kier alpha value is -0.610. The molecule has 1 rings (SSSR count). The molecule has 0 spiro atoms. The van der Waals surface area contributed by atoms with Gasteiger partial charge in [-0.1, -0.05) is 47.4 Å². The van der Waals surface area contributed by atoms with Crippen LogP contribution in [0.5, 0.6) is 0 Å². The van der Waals surface area contributed by atoms with Crippen molar-refractivity contribution in [1.29, 1.82) is 0 Å². The van der Waals surface area contributed by atoms with Crippen molar-refractivity contribution in [2.45, 2.75) is 24.6 Å². The molecular weight excluding hydrogens is 281 g/mol. The summed E-state index contributed by atoms with van der Waals surface area (Å²) in [7, 11) is 0. The van der Waals surface area contributed by atoms with Crippen molar-refractivity contribution < 1.29 is 4.92 Å². The fraction of sp³-hybridized carbons (Fsp3) is 0.400. The fourth-order valence-corrected chi connectivity index (χ4v) is 1.76. The molecule has 5 heteroatoms. The average Bonchev–Trinajstić information content (AvgIpc) is 2.16. The minimum Gasteiger partial charge on any atom is -0.258 e. The van der Waals surface area contributed by atoms with E-state index < -0.39 is 4.92 Å². The zero-order valence-corrected chi connectivity index (χ0v) is 10.7. The second-order valence-corrected chi connectivity index (χ2v) is 5.31. The van der Waals surface area contributed by atoms with Gasteiger partial charge in [-0.2, -0.15) is 0 Å². The van der Waals surface area contributed by atoms with E-state index in [1.165, 1.54) is 6.07 Å². The Morgan fingerprint density at radius 1 is 1.47 bits per heavy atom. The number of nitro benzene ring substituents is 1. The Labute approximate surface area is 102 Å². The maximum Gasteiger partial charge on any atom is 0.274 e. The first-order valence-electron chi connectivity index (χ1n) is 4.51. The molecule has 0 saturated carbocycles. The van der Waals surface area contributed by atoms with Crippen molar-refractivity contribution in [2.24, 2.45) is 0 Å². The fourth-order valence-electron chi connectivity index (χ4n) is 1.31. The smallest absolute Gasteiger partial charge is 0.258 e. The van der Waals surface area contributed by atoms with E-state index >= 15 is 0 Å². The van der Waals surface area contributed by atoms with Gasteiger partial charge in [0.1, 0.15) is 0 Å². The minimum atomic E-state index is -0.396. The molecule has 0 aliphatic carbocycles. The molecule has 0 aliphatic heterocycles. The quantitative estimate of drug-likeness (QED) is 0.477. The van der Waals surface area contributed by atoms with Gasteiger partial charge in [0.25, 0.3) is 5.69 Å². The van der Waals surface area contributed by atoms with Crippen molar-refractivity contribution >= 4 is 33.2 Å². The van der Waals surface area contributed by atoms with Gasteiger partial charge in [0.05, 0.1) is 4.92 Å². The Morgan fingerprint density at radius 3 is 2.53 bits per heavy atom. The molecule has 0 amide bonds. The van der Waals surface area contributed by atoms with Crippen LogP contribution in [-0.4, -0.2) is 9.75 Å². The summed E-state index contributed by atoms with van der Waals surface area (Å²) in [5.74, 6) is 0.0719. The van der Waals surface area contributed by atoms with Gasteiger partial charge in [-0.15, -0.1) is 0 Å². The molecule has 82 valence electrons. The SMILES string of the molecule is CC(Br)C(C)c1ccc(Cl)cc1[N+](=O)[O-]. The summed E-state index contributed by atoms with van der Waals surface area (Å²) >= 11 is 9.15. The average molecular weight is 293 g/mol. The van der Waals surface area contributed by atoms with E-state index in [2.05, 4.69) is 15.9 Å². The first-order chi connectivity index (χ1) is 6.93. The predicted octanol–water partition coefficient (Wildman–Crippen LogP) is 4.14. The number of hydrogen-bond acceptors (Lipinski definition) is 2. The van der Waals surface area contributed by atoms with Crippen LogP contribution in [0.1, 0.15) is 25.3 Å². The number of hydrogen-bond donors (Lipinski definition) is 0. The normalized spacial score (nSPS) is 14.7. The van der Waals surface area contributed by atoms with E-state index in [1.807, 2.05) is 13.8 Å². The second kappa shape index (κ2) is 4.94. The molecule has 0 bridgehead atoms. The van der Waals surface area contributed by atoms with Gasteiger partial charge >= 0.3 is 0 Å². The van der Waals surface area contributed by atoms with Crippen LogP contribution < -0.4 is 0 Å². The van der Waals surface area contributed by atoms with Crippen molar-refractivity contribution in [3.8, 4) is 0 Å². The van der Waals surface area contributed by atoms with Crippen LogP contribution in [0, 0.1) is 10.1 Å². The van der Waals surface area contributed by atoms with Gasteiger partial charge in [0, 0.05) is 27.4 Å². The summed E-state index contributed by atoms with van der Waals surface area (Å²) in [6, 6.07) is 4.78. The van der Waals surface area contributed by atoms with Crippen molar-refractivity contribution in [1.82, 2.24) is 0 Å². The lowest BCUT2D eigenvalue weighted by atomic mass is 9.97.